The average Bonchev–Trinajstić information content (AvgIpc) is 2.10. The summed E-state index contributed by atoms with van der Waals surface area (Å²) < 4.78 is 0. The van der Waals surface area contributed by atoms with Crippen LogP contribution in [0.25, 0.3) is 0 Å². The first-order chi connectivity index (χ1) is 6.68. The predicted octanol–water partition coefficient (Wildman–Crippen LogP) is 3.25. The lowest BCUT2D eigenvalue weighted by atomic mass is 9.72. The Hall–Kier alpha value is -0.530. The van der Waals surface area contributed by atoms with Gasteiger partial charge in [-0.15, -0.1) is 0 Å². The van der Waals surface area contributed by atoms with Gasteiger partial charge in [-0.25, -0.2) is 0 Å². The number of hydrogen-bond donors (Lipinski definition) is 1. The Bertz CT molecular complexity index is 337. The molecule has 1 fully saturated rings. The zero-order valence-corrected chi connectivity index (χ0v) is 9.49. The summed E-state index contributed by atoms with van der Waals surface area (Å²) in [4.78, 5) is 0. The van der Waals surface area contributed by atoms with Crippen molar-refractivity contribution in [2.24, 2.45) is 0 Å². The second-order valence-corrected chi connectivity index (χ2v) is 4.56. The number of hydrogen-bond acceptors (Lipinski definition) is 1. The maximum absolute atomic E-state index is 6.01. The van der Waals surface area contributed by atoms with Gasteiger partial charge in [0, 0.05) is 10.6 Å². The van der Waals surface area contributed by atoms with Crippen molar-refractivity contribution in [3.05, 3.63) is 34.3 Å². The third kappa shape index (κ3) is 1.45. The molecular weight excluding hydrogens is 194 g/mol. The molecule has 0 heterocycles. The highest BCUT2D eigenvalue weighted by molar-refractivity contribution is 6.31. The second kappa shape index (κ2) is 3.56. The molecule has 1 aromatic carbocycles. The summed E-state index contributed by atoms with van der Waals surface area (Å²) in [5.74, 6) is 0. The lowest BCUT2D eigenvalue weighted by Crippen LogP contribution is -2.45. The highest BCUT2D eigenvalue weighted by atomic mass is 35.5. The monoisotopic (exact) mass is 209 g/mol. The van der Waals surface area contributed by atoms with Crippen molar-refractivity contribution in [3.8, 4) is 0 Å². The van der Waals surface area contributed by atoms with Gasteiger partial charge in [-0.05, 0) is 50.4 Å². The van der Waals surface area contributed by atoms with E-state index >= 15 is 0 Å². The van der Waals surface area contributed by atoms with Gasteiger partial charge in [0.15, 0.2) is 0 Å². The van der Waals surface area contributed by atoms with Crippen LogP contribution in [0.4, 0.5) is 0 Å². The topological polar surface area (TPSA) is 12.0 Å². The molecule has 1 aromatic rings. The minimum atomic E-state index is 0.231. The summed E-state index contributed by atoms with van der Waals surface area (Å²) in [6, 6.07) is 6.35. The van der Waals surface area contributed by atoms with Crippen LogP contribution in [0.5, 0.6) is 0 Å². The smallest absolute Gasteiger partial charge is 0.0435 e. The quantitative estimate of drug-likeness (QED) is 0.789. The Morgan fingerprint density at radius 3 is 2.50 bits per heavy atom. The third-order valence-corrected chi connectivity index (χ3v) is 3.82. The molecule has 0 spiro atoms. The summed E-state index contributed by atoms with van der Waals surface area (Å²) in [6.45, 7) is 2.06. The fraction of sp³-hybridized carbons (Fsp3) is 0.500. The highest BCUT2D eigenvalue weighted by Crippen LogP contribution is 2.41. The van der Waals surface area contributed by atoms with Crippen LogP contribution >= 0.6 is 11.6 Å². The predicted molar refractivity (Wildman–Crippen MR) is 60.8 cm³/mol. The minimum absolute atomic E-state index is 0.231. The number of benzene rings is 1. The van der Waals surface area contributed by atoms with Gasteiger partial charge >= 0.3 is 0 Å². The zero-order chi connectivity index (χ0) is 10.2. The Kier molecular flexibility index (Phi) is 2.54. The van der Waals surface area contributed by atoms with Gasteiger partial charge in [-0.3, -0.25) is 0 Å². The van der Waals surface area contributed by atoms with E-state index in [2.05, 4.69) is 24.4 Å². The van der Waals surface area contributed by atoms with Crippen LogP contribution in [0.1, 0.15) is 30.4 Å². The lowest BCUT2D eigenvalue weighted by Gasteiger charge is -2.42. The molecule has 0 atom stereocenters. The van der Waals surface area contributed by atoms with E-state index in [0.717, 1.165) is 5.02 Å². The number of nitrogens with one attached hydrogen (secondary N) is 1. The molecule has 0 saturated heterocycles. The van der Waals surface area contributed by atoms with Gasteiger partial charge < -0.3 is 5.32 Å². The van der Waals surface area contributed by atoms with Crippen LogP contribution in [0.2, 0.25) is 5.02 Å². The Morgan fingerprint density at radius 1 is 1.36 bits per heavy atom. The molecule has 1 aliphatic rings. The molecule has 2 rings (SSSR count). The Labute approximate surface area is 90.5 Å². The molecule has 2 heteroatoms. The molecule has 0 radical (unpaired) electrons. The molecule has 1 N–H and O–H groups in total. The fourth-order valence-corrected chi connectivity index (χ4v) is 2.27. The Morgan fingerprint density at radius 2 is 2.07 bits per heavy atom. The first-order valence-electron chi connectivity index (χ1n) is 5.13. The van der Waals surface area contributed by atoms with Crippen LogP contribution in [-0.4, -0.2) is 7.05 Å². The lowest BCUT2D eigenvalue weighted by molar-refractivity contribution is 0.201. The molecule has 0 bridgehead atoms. The normalized spacial score (nSPS) is 19.1. The standard InChI is InChI=1S/C12H16ClN/c1-9-8-10(4-5-11(9)13)12(14-2)6-3-7-12/h4-5,8,14H,3,6-7H2,1-2H3. The SMILES string of the molecule is CNC1(c2ccc(Cl)c(C)c2)CCC1. The van der Waals surface area contributed by atoms with Crippen LogP contribution in [0, 0.1) is 6.92 Å². The largest absolute Gasteiger partial charge is 0.310 e. The molecule has 0 aliphatic heterocycles. The molecule has 1 aliphatic carbocycles. The van der Waals surface area contributed by atoms with E-state index in [9.17, 15) is 0 Å². The first-order valence-corrected chi connectivity index (χ1v) is 5.51. The van der Waals surface area contributed by atoms with Crippen molar-refractivity contribution >= 4 is 11.6 Å². The first kappa shape index (κ1) is 10.0. The summed E-state index contributed by atoms with van der Waals surface area (Å²) in [5.41, 5.74) is 2.79. The van der Waals surface area contributed by atoms with Gasteiger partial charge in [0.1, 0.15) is 0 Å². The van der Waals surface area contributed by atoms with E-state index in [0.29, 0.717) is 0 Å². The van der Waals surface area contributed by atoms with Gasteiger partial charge in [0.25, 0.3) is 0 Å². The summed E-state index contributed by atoms with van der Waals surface area (Å²) >= 11 is 6.01. The molecule has 0 aromatic heterocycles. The van der Waals surface area contributed by atoms with Crippen molar-refractivity contribution in [1.82, 2.24) is 5.32 Å². The minimum Gasteiger partial charge on any atom is -0.310 e. The maximum Gasteiger partial charge on any atom is 0.0435 e. The van der Waals surface area contributed by atoms with E-state index in [-0.39, 0.29) is 5.54 Å². The molecule has 1 saturated carbocycles. The molecule has 0 unspecified atom stereocenters. The van der Waals surface area contributed by atoms with E-state index in [1.165, 1.54) is 30.4 Å². The van der Waals surface area contributed by atoms with E-state index < -0.39 is 0 Å². The van der Waals surface area contributed by atoms with Crippen molar-refractivity contribution in [1.29, 1.82) is 0 Å². The number of halogens is 1. The molecule has 0 amide bonds. The van der Waals surface area contributed by atoms with E-state index in [1.807, 2.05) is 13.1 Å². The van der Waals surface area contributed by atoms with Crippen LogP contribution in [0.3, 0.4) is 0 Å². The molecular formula is C12H16ClN. The average molecular weight is 210 g/mol. The number of aryl methyl sites for hydroxylation is 1. The Balaban J connectivity index is 2.36. The fourth-order valence-electron chi connectivity index (χ4n) is 2.16. The van der Waals surface area contributed by atoms with E-state index in [1.54, 1.807) is 0 Å². The summed E-state index contributed by atoms with van der Waals surface area (Å²) in [6.07, 6.45) is 3.80. The van der Waals surface area contributed by atoms with Crippen LogP contribution in [-0.2, 0) is 5.54 Å². The van der Waals surface area contributed by atoms with Crippen molar-refractivity contribution in [2.45, 2.75) is 31.7 Å². The van der Waals surface area contributed by atoms with Crippen LogP contribution in [0.15, 0.2) is 18.2 Å². The van der Waals surface area contributed by atoms with E-state index in [4.69, 9.17) is 11.6 Å². The van der Waals surface area contributed by atoms with Gasteiger partial charge in [-0.1, -0.05) is 23.7 Å². The summed E-state index contributed by atoms with van der Waals surface area (Å²) in [7, 11) is 2.04. The third-order valence-electron chi connectivity index (χ3n) is 3.40. The van der Waals surface area contributed by atoms with Crippen molar-refractivity contribution in [3.63, 3.8) is 0 Å². The number of rotatable bonds is 2. The second-order valence-electron chi connectivity index (χ2n) is 4.15. The zero-order valence-electron chi connectivity index (χ0n) is 8.73. The van der Waals surface area contributed by atoms with Gasteiger partial charge in [0.05, 0.1) is 0 Å². The molecule has 14 heavy (non-hydrogen) atoms. The molecule has 1 nitrogen and oxygen atoms in total. The van der Waals surface area contributed by atoms with Crippen molar-refractivity contribution in [2.75, 3.05) is 7.05 Å². The van der Waals surface area contributed by atoms with Gasteiger partial charge in [0.2, 0.25) is 0 Å². The highest BCUT2D eigenvalue weighted by Gasteiger charge is 2.36. The molecule has 76 valence electrons. The van der Waals surface area contributed by atoms with Crippen molar-refractivity contribution < 1.29 is 0 Å². The summed E-state index contributed by atoms with van der Waals surface area (Å²) in [5, 5.41) is 4.30. The van der Waals surface area contributed by atoms with Crippen LogP contribution < -0.4 is 5.32 Å². The maximum atomic E-state index is 6.01. The van der Waals surface area contributed by atoms with Gasteiger partial charge in [-0.2, -0.15) is 0 Å².